The second-order valence-electron chi connectivity index (χ2n) is 32.3. The molecule has 4 aliphatic rings. The summed E-state index contributed by atoms with van der Waals surface area (Å²) in [4.78, 5) is 10.5. The first-order valence-corrected chi connectivity index (χ1v) is 42.5. The van der Waals surface area contributed by atoms with Crippen LogP contribution in [-0.4, -0.2) is 29.6 Å². The standard InChI is InChI=1S/C94H84B2N4Si2/c1-61-36-45-70(46-37-61)97-82-52-38-62(2)54-80(82)95-81-56-67(94(6,7)8)44-53-83(81)98(71-47-42-66(43-48-71)93(3,4)5)85-58-74(57-84(97)89(85)95)102(11,12)73-49-39-64(40-50-73)78-55-65-27-23-25-35-77(65)92-88(78)96-79-51-41-63-26-22-24-34-76(63)91(79)99(68-28-16-13-17-29-68)86-59-75(101(9,10)72-32-20-15-21-33-72)60-87(90(86)96)100(92)69-30-18-14-19-31-69/h13-60H,1-12H3. The molecule has 0 saturated heterocycles. The fourth-order valence-electron chi connectivity index (χ4n) is 17.5. The lowest BCUT2D eigenvalue weighted by Gasteiger charge is -2.46. The van der Waals surface area contributed by atoms with Gasteiger partial charge in [0.05, 0.1) is 0 Å². The average molecular weight is 1350 g/mol. The van der Waals surface area contributed by atoms with Gasteiger partial charge in [0.2, 0.25) is 0 Å². The van der Waals surface area contributed by atoms with E-state index in [1.54, 1.807) is 0 Å². The summed E-state index contributed by atoms with van der Waals surface area (Å²) in [7, 11) is -5.01. The van der Waals surface area contributed by atoms with E-state index in [2.05, 4.69) is 392 Å². The molecule has 0 amide bonds. The SMILES string of the molecule is Cc1ccc(N2c3ccc(C)cc3B3c4cc(C(C)(C)C)ccc4N(c4ccc(C(C)(C)C)cc4)c4cc([Si](C)(C)c5ccc(-c6cc7ccccc7c7c6B6c8ccc9ccccc9c8N(c8ccccc8)c8cc([Si](C)(C)c9ccccc9)cc(c86)N7c6ccccc6)cc5)cc2c43)cc1. The van der Waals surface area contributed by atoms with E-state index in [4.69, 9.17) is 0 Å². The Hall–Kier alpha value is -10.6. The van der Waals surface area contributed by atoms with Gasteiger partial charge in [-0.1, -0.05) is 300 Å². The van der Waals surface area contributed by atoms with E-state index in [9.17, 15) is 0 Å². The van der Waals surface area contributed by atoms with Crippen LogP contribution >= 0.6 is 0 Å². The van der Waals surface area contributed by atoms with E-state index in [1.807, 2.05) is 0 Å². The Morgan fingerprint density at radius 2 is 0.716 bits per heavy atom. The molecule has 18 rings (SSSR count). The number of hydrogen-bond acceptors (Lipinski definition) is 4. The van der Waals surface area contributed by atoms with Gasteiger partial charge >= 0.3 is 0 Å². The van der Waals surface area contributed by atoms with Gasteiger partial charge in [0.15, 0.2) is 0 Å². The quantitative estimate of drug-likeness (QED) is 0.134. The Morgan fingerprint density at radius 1 is 0.284 bits per heavy atom. The summed E-state index contributed by atoms with van der Waals surface area (Å²) in [6.07, 6.45) is 0. The lowest BCUT2D eigenvalue weighted by Crippen LogP contribution is -2.63. The fraction of sp³-hybridized carbons (Fsp3) is 0.149. The first-order valence-electron chi connectivity index (χ1n) is 36.5. The van der Waals surface area contributed by atoms with Crippen LogP contribution in [0.15, 0.2) is 291 Å². The minimum atomic E-state index is -2.63. The van der Waals surface area contributed by atoms with Crippen LogP contribution in [0.2, 0.25) is 26.2 Å². The third-order valence-electron chi connectivity index (χ3n) is 23.2. The maximum absolute atomic E-state index is 2.66. The van der Waals surface area contributed by atoms with Gasteiger partial charge in [-0.3, -0.25) is 0 Å². The van der Waals surface area contributed by atoms with Crippen LogP contribution in [-0.2, 0) is 10.8 Å². The number of hydrogen-bond donors (Lipinski definition) is 0. The molecular weight excluding hydrogens is 1260 g/mol. The topological polar surface area (TPSA) is 13.0 Å². The van der Waals surface area contributed by atoms with Crippen LogP contribution in [0, 0.1) is 13.8 Å². The van der Waals surface area contributed by atoms with Crippen molar-refractivity contribution in [2.45, 2.75) is 92.4 Å². The van der Waals surface area contributed by atoms with Crippen molar-refractivity contribution < 1.29 is 0 Å². The molecule has 0 atom stereocenters. The molecule has 4 nitrogen and oxygen atoms in total. The van der Waals surface area contributed by atoms with Crippen molar-refractivity contribution >= 4 is 173 Å². The number of anilines is 12. The first kappa shape index (κ1) is 63.5. The summed E-state index contributed by atoms with van der Waals surface area (Å²) in [5.74, 6) is 0. The third kappa shape index (κ3) is 9.98. The third-order valence-corrected chi connectivity index (χ3v) is 30.2. The Kier molecular flexibility index (Phi) is 14.6. The molecule has 494 valence electrons. The smallest absolute Gasteiger partial charge is 0.253 e. The lowest BCUT2D eigenvalue weighted by molar-refractivity contribution is 0.590. The number of nitrogens with zero attached hydrogens (tertiary/aromatic N) is 4. The predicted octanol–water partition coefficient (Wildman–Crippen LogP) is 18.7. The molecule has 4 heterocycles. The molecule has 0 N–H and O–H groups in total. The molecule has 0 aromatic heterocycles. The highest BCUT2D eigenvalue weighted by atomic mass is 28.3. The summed E-state index contributed by atoms with van der Waals surface area (Å²) in [5, 5.41) is 10.5. The van der Waals surface area contributed by atoms with Gasteiger partial charge in [0.1, 0.15) is 16.1 Å². The molecule has 0 unspecified atom stereocenters. The van der Waals surface area contributed by atoms with Crippen molar-refractivity contribution in [2.75, 3.05) is 19.6 Å². The summed E-state index contributed by atoms with van der Waals surface area (Å²) in [6.45, 7) is 28.6. The Labute approximate surface area is 605 Å². The van der Waals surface area contributed by atoms with Gasteiger partial charge in [0, 0.05) is 79.0 Å². The van der Waals surface area contributed by atoms with E-state index in [0.717, 1.165) is 11.4 Å². The Balaban J connectivity index is 0.870. The highest BCUT2D eigenvalue weighted by Gasteiger charge is 2.49. The second kappa shape index (κ2) is 23.5. The largest absolute Gasteiger partial charge is 0.311 e. The zero-order chi connectivity index (χ0) is 69.9. The fourth-order valence-corrected chi connectivity index (χ4v) is 22.2. The normalized spacial score (nSPS) is 13.8. The summed E-state index contributed by atoms with van der Waals surface area (Å²) in [5.41, 5.74) is 30.2. The number of para-hydroxylation sites is 2. The maximum atomic E-state index is 2.66. The molecular formula is C94H84B2N4Si2. The highest BCUT2D eigenvalue weighted by Crippen LogP contribution is 2.50. The van der Waals surface area contributed by atoms with Gasteiger partial charge in [-0.15, -0.1) is 0 Å². The van der Waals surface area contributed by atoms with Crippen LogP contribution in [0.3, 0.4) is 0 Å². The number of fused-ring (bicyclic) bond motifs is 12. The van der Waals surface area contributed by atoms with Gasteiger partial charge in [-0.2, -0.15) is 0 Å². The van der Waals surface area contributed by atoms with Crippen molar-refractivity contribution in [1.29, 1.82) is 0 Å². The minimum Gasteiger partial charge on any atom is -0.311 e. The molecule has 0 aliphatic carbocycles. The number of aryl methyl sites for hydroxylation is 2. The molecule has 0 radical (unpaired) electrons. The summed E-state index contributed by atoms with van der Waals surface area (Å²) >= 11 is 0. The molecule has 102 heavy (non-hydrogen) atoms. The molecule has 14 aromatic carbocycles. The lowest BCUT2D eigenvalue weighted by atomic mass is 9.32. The number of benzene rings is 14. The van der Waals surface area contributed by atoms with E-state index in [0.29, 0.717) is 0 Å². The Bertz CT molecular complexity index is 5690. The van der Waals surface area contributed by atoms with Gasteiger partial charge in [-0.05, 0) is 181 Å². The molecule has 8 heteroatoms. The van der Waals surface area contributed by atoms with E-state index < -0.39 is 16.1 Å². The predicted molar refractivity (Wildman–Crippen MR) is 448 cm³/mol. The monoisotopic (exact) mass is 1350 g/mol. The zero-order valence-corrected chi connectivity index (χ0v) is 62.7. The minimum absolute atomic E-state index is 0.00199. The molecule has 4 aliphatic heterocycles. The van der Waals surface area contributed by atoms with Crippen LogP contribution < -0.4 is 73.1 Å². The van der Waals surface area contributed by atoms with E-state index in [-0.39, 0.29) is 24.3 Å². The van der Waals surface area contributed by atoms with Crippen molar-refractivity contribution in [3.63, 3.8) is 0 Å². The van der Waals surface area contributed by atoms with Crippen molar-refractivity contribution in [2.24, 2.45) is 0 Å². The summed E-state index contributed by atoms with van der Waals surface area (Å²) in [6, 6.07) is 113. The van der Waals surface area contributed by atoms with Crippen LogP contribution in [0.25, 0.3) is 32.7 Å². The van der Waals surface area contributed by atoms with E-state index >= 15 is 0 Å². The van der Waals surface area contributed by atoms with E-state index in [1.165, 1.54) is 165 Å². The first-order chi connectivity index (χ1) is 49.2. The molecule has 0 spiro atoms. The molecule has 14 aromatic rings. The van der Waals surface area contributed by atoms with Crippen molar-refractivity contribution in [3.05, 3.63) is 313 Å². The zero-order valence-electron chi connectivity index (χ0n) is 60.7. The van der Waals surface area contributed by atoms with Gasteiger partial charge < -0.3 is 19.6 Å². The molecule has 0 bridgehead atoms. The number of rotatable bonds is 9. The van der Waals surface area contributed by atoms with Gasteiger partial charge in [0.25, 0.3) is 13.4 Å². The Morgan fingerprint density at radius 3 is 1.28 bits per heavy atom. The van der Waals surface area contributed by atoms with Crippen LogP contribution in [0.1, 0.15) is 63.8 Å². The van der Waals surface area contributed by atoms with Crippen molar-refractivity contribution in [3.8, 4) is 11.1 Å². The van der Waals surface area contributed by atoms with Gasteiger partial charge in [-0.25, -0.2) is 0 Å². The van der Waals surface area contributed by atoms with Crippen LogP contribution in [0.5, 0.6) is 0 Å². The second-order valence-corrected chi connectivity index (χ2v) is 41.1. The maximum Gasteiger partial charge on any atom is 0.253 e. The van der Waals surface area contributed by atoms with Crippen molar-refractivity contribution in [1.82, 2.24) is 0 Å². The highest BCUT2D eigenvalue weighted by molar-refractivity contribution is 7.04. The molecule has 0 fully saturated rings. The van der Waals surface area contributed by atoms with Crippen LogP contribution in [0.4, 0.5) is 68.2 Å². The average Bonchev–Trinajstić information content (AvgIpc) is 0.690. The molecule has 0 saturated carbocycles. The summed E-state index contributed by atoms with van der Waals surface area (Å²) < 4.78 is 0.